The first-order chi connectivity index (χ1) is 5.81. The van der Waals surface area contributed by atoms with E-state index in [0.717, 1.165) is 0 Å². The molecule has 0 aliphatic carbocycles. The van der Waals surface area contributed by atoms with Gasteiger partial charge >= 0.3 is 85.6 Å². The predicted molar refractivity (Wildman–Crippen MR) is 55.5 cm³/mol. The minimum absolute atomic E-state index is 0.109. The van der Waals surface area contributed by atoms with Crippen LogP contribution in [0.2, 0.25) is 4.47 Å². The third-order valence-electron chi connectivity index (χ3n) is 1.46. The van der Waals surface area contributed by atoms with Gasteiger partial charge in [-0.1, -0.05) is 0 Å². The summed E-state index contributed by atoms with van der Waals surface area (Å²) in [5.41, 5.74) is 1.18. The number of hydrogen-bond donors (Lipinski definition) is 1. The topological polar surface area (TPSA) is 20.2 Å². The first-order valence-corrected chi connectivity index (χ1v) is 7.36. The predicted octanol–water partition coefficient (Wildman–Crippen LogP) is 2.36. The Kier molecular flexibility index (Phi) is 9.50. The zero-order valence-corrected chi connectivity index (χ0v) is 10.2. The molecule has 0 aromatic heterocycles. The number of aliphatic hydroxyl groups is 1. The summed E-state index contributed by atoms with van der Waals surface area (Å²) in [4.78, 5) is 0. The molecule has 0 spiro atoms. The summed E-state index contributed by atoms with van der Waals surface area (Å²) in [5.74, 6) is 0. The Labute approximate surface area is 85.6 Å². The summed E-state index contributed by atoms with van der Waals surface area (Å²) in [6, 6.07) is 0. The average Bonchev–Trinajstić information content (AvgIpc) is 2.05. The van der Waals surface area contributed by atoms with E-state index in [1.165, 1.54) is 22.9 Å². The minimum atomic E-state index is 0.109. The third kappa shape index (κ3) is 8.33. The first-order valence-electron chi connectivity index (χ1n) is 4.37. The van der Waals surface area contributed by atoms with Gasteiger partial charge in [0, 0.05) is 0 Å². The van der Waals surface area contributed by atoms with E-state index in [-0.39, 0.29) is 27.5 Å². The molecule has 0 atom stereocenters. The Morgan fingerprint density at radius 2 is 2.25 bits per heavy atom. The molecule has 2 heteroatoms. The van der Waals surface area contributed by atoms with Crippen molar-refractivity contribution in [1.82, 2.24) is 0 Å². The van der Waals surface area contributed by atoms with Gasteiger partial charge in [0.25, 0.3) is 0 Å². The van der Waals surface area contributed by atoms with Gasteiger partial charge < -0.3 is 0 Å². The standard InChI is InChI=1S/C10H18OTe/c1-3-4-8-12-9-6-10(2)5-7-11/h5-6,9,11H,3-4,7-8H2,1-2H3/b9-6-,10-5-. The molecule has 0 aliphatic heterocycles. The van der Waals surface area contributed by atoms with Crippen LogP contribution in [0.4, 0.5) is 0 Å². The second-order valence-electron chi connectivity index (χ2n) is 2.66. The SMILES string of the molecule is CCCC[Te]/C=C\C(C)=C/CO. The van der Waals surface area contributed by atoms with E-state index in [4.69, 9.17) is 5.11 Å². The molecule has 70 valence electrons. The van der Waals surface area contributed by atoms with E-state index < -0.39 is 0 Å². The number of allylic oxidation sites excluding steroid dienone is 2. The number of unbranched alkanes of at least 4 members (excludes halogenated alkanes) is 1. The Balaban J connectivity index is 3.41. The van der Waals surface area contributed by atoms with Crippen molar-refractivity contribution < 1.29 is 5.11 Å². The molecule has 0 radical (unpaired) electrons. The molecule has 0 unspecified atom stereocenters. The molecule has 0 amide bonds. The molecule has 0 saturated heterocycles. The normalized spacial score (nSPS) is 12.8. The Morgan fingerprint density at radius 1 is 1.50 bits per heavy atom. The number of rotatable bonds is 6. The van der Waals surface area contributed by atoms with Crippen molar-refractivity contribution in [3.63, 3.8) is 0 Å². The van der Waals surface area contributed by atoms with E-state index in [2.05, 4.69) is 17.1 Å². The van der Waals surface area contributed by atoms with Crippen LogP contribution < -0.4 is 0 Å². The molecule has 0 aliphatic rings. The fraction of sp³-hybridized carbons (Fsp3) is 0.600. The van der Waals surface area contributed by atoms with Crippen LogP contribution in [0.5, 0.6) is 0 Å². The molecule has 0 bridgehead atoms. The van der Waals surface area contributed by atoms with E-state index in [0.29, 0.717) is 0 Å². The molecule has 12 heavy (non-hydrogen) atoms. The second kappa shape index (κ2) is 9.32. The van der Waals surface area contributed by atoms with Gasteiger partial charge in [0.15, 0.2) is 0 Å². The van der Waals surface area contributed by atoms with Gasteiger partial charge in [0.1, 0.15) is 0 Å². The summed E-state index contributed by atoms with van der Waals surface area (Å²) < 4.78 is 3.71. The third-order valence-corrected chi connectivity index (χ3v) is 3.89. The summed E-state index contributed by atoms with van der Waals surface area (Å²) in [6.07, 6.45) is 6.65. The maximum absolute atomic E-state index is 8.58. The Bertz CT molecular complexity index is 150. The zero-order chi connectivity index (χ0) is 9.23. The van der Waals surface area contributed by atoms with Crippen molar-refractivity contribution in [1.29, 1.82) is 0 Å². The molecule has 0 aromatic rings. The molecule has 0 heterocycles. The number of aliphatic hydroxyl groups excluding tert-OH is 1. The van der Waals surface area contributed by atoms with Crippen molar-refractivity contribution in [3.05, 3.63) is 21.8 Å². The van der Waals surface area contributed by atoms with Crippen molar-refractivity contribution in [3.8, 4) is 0 Å². The van der Waals surface area contributed by atoms with Crippen LogP contribution >= 0.6 is 0 Å². The van der Waals surface area contributed by atoms with Gasteiger partial charge in [-0.3, -0.25) is 0 Å². The maximum atomic E-state index is 8.58. The molecular formula is C10H18OTe. The van der Waals surface area contributed by atoms with Crippen LogP contribution in [0.15, 0.2) is 21.8 Å². The first kappa shape index (κ1) is 12.2. The monoisotopic (exact) mass is 284 g/mol. The van der Waals surface area contributed by atoms with Gasteiger partial charge in [-0.05, 0) is 0 Å². The van der Waals surface area contributed by atoms with Crippen LogP contribution in [0, 0.1) is 0 Å². The molecule has 0 fully saturated rings. The van der Waals surface area contributed by atoms with Crippen molar-refractivity contribution in [2.24, 2.45) is 0 Å². The van der Waals surface area contributed by atoms with Gasteiger partial charge in [-0.15, -0.1) is 0 Å². The van der Waals surface area contributed by atoms with Crippen LogP contribution in [0.3, 0.4) is 0 Å². The van der Waals surface area contributed by atoms with E-state index in [1.54, 1.807) is 0 Å². The van der Waals surface area contributed by atoms with E-state index in [9.17, 15) is 0 Å². The average molecular weight is 282 g/mol. The molecular weight excluding hydrogens is 264 g/mol. The van der Waals surface area contributed by atoms with Gasteiger partial charge in [-0.25, -0.2) is 0 Å². The summed E-state index contributed by atoms with van der Waals surface area (Å²) >= 11 is 0.109. The molecule has 0 rings (SSSR count). The van der Waals surface area contributed by atoms with Crippen LogP contribution in [-0.4, -0.2) is 32.6 Å². The van der Waals surface area contributed by atoms with Crippen LogP contribution in [0.25, 0.3) is 0 Å². The summed E-state index contributed by atoms with van der Waals surface area (Å²) in [5, 5.41) is 8.58. The molecule has 0 saturated carbocycles. The van der Waals surface area contributed by atoms with Crippen molar-refractivity contribution in [2.75, 3.05) is 6.61 Å². The van der Waals surface area contributed by atoms with Crippen LogP contribution in [0.1, 0.15) is 26.7 Å². The van der Waals surface area contributed by atoms with E-state index in [1.807, 2.05) is 13.0 Å². The van der Waals surface area contributed by atoms with Gasteiger partial charge in [0.2, 0.25) is 0 Å². The quantitative estimate of drug-likeness (QED) is 0.450. The summed E-state index contributed by atoms with van der Waals surface area (Å²) in [6.45, 7) is 4.42. The molecule has 1 nitrogen and oxygen atoms in total. The molecule has 0 aromatic carbocycles. The van der Waals surface area contributed by atoms with Crippen molar-refractivity contribution >= 4 is 20.9 Å². The Morgan fingerprint density at radius 3 is 2.83 bits per heavy atom. The van der Waals surface area contributed by atoms with Gasteiger partial charge in [0.05, 0.1) is 0 Å². The number of hydrogen-bond acceptors (Lipinski definition) is 1. The van der Waals surface area contributed by atoms with Crippen LogP contribution in [-0.2, 0) is 0 Å². The Hall–Kier alpha value is 0.230. The molecule has 1 N–H and O–H groups in total. The summed E-state index contributed by atoms with van der Waals surface area (Å²) in [7, 11) is 0. The fourth-order valence-corrected chi connectivity index (χ4v) is 3.24. The zero-order valence-electron chi connectivity index (χ0n) is 7.92. The second-order valence-corrected chi connectivity index (χ2v) is 5.55. The van der Waals surface area contributed by atoms with Crippen molar-refractivity contribution in [2.45, 2.75) is 31.2 Å². The fourth-order valence-electron chi connectivity index (χ4n) is 0.663. The van der Waals surface area contributed by atoms with Gasteiger partial charge in [-0.2, -0.15) is 0 Å². The van der Waals surface area contributed by atoms with E-state index >= 15 is 0 Å².